The van der Waals surface area contributed by atoms with Gasteiger partial charge in [0.2, 0.25) is 5.91 Å². The number of rotatable bonds is 6. The van der Waals surface area contributed by atoms with Crippen molar-refractivity contribution >= 4 is 11.6 Å². The summed E-state index contributed by atoms with van der Waals surface area (Å²) in [6.45, 7) is 6.29. The van der Waals surface area contributed by atoms with Crippen molar-refractivity contribution in [2.75, 3.05) is 11.9 Å². The van der Waals surface area contributed by atoms with Crippen LogP contribution in [0.4, 0.5) is 5.69 Å². The van der Waals surface area contributed by atoms with Crippen LogP contribution in [0.1, 0.15) is 37.8 Å². The highest BCUT2D eigenvalue weighted by Crippen LogP contribution is 2.15. The van der Waals surface area contributed by atoms with E-state index in [1.165, 1.54) is 0 Å². The largest absolute Gasteiger partial charge is 0.376 e. The van der Waals surface area contributed by atoms with Crippen LogP contribution in [0.2, 0.25) is 0 Å². The molecule has 1 rings (SSSR count). The number of nitrogens with one attached hydrogen (secondary N) is 2. The van der Waals surface area contributed by atoms with E-state index in [1.54, 1.807) is 12.1 Å². The van der Waals surface area contributed by atoms with Gasteiger partial charge in [-0.2, -0.15) is 5.26 Å². The molecule has 1 aromatic carbocycles. The zero-order valence-electron chi connectivity index (χ0n) is 11.8. The van der Waals surface area contributed by atoms with E-state index in [0.29, 0.717) is 5.56 Å². The molecule has 0 aliphatic heterocycles. The summed E-state index contributed by atoms with van der Waals surface area (Å²) in [7, 11) is 0. The van der Waals surface area contributed by atoms with Crippen LogP contribution in [0.25, 0.3) is 0 Å². The Morgan fingerprint density at radius 1 is 1.37 bits per heavy atom. The number of aryl methyl sites for hydroxylation is 1. The van der Waals surface area contributed by atoms with Gasteiger partial charge in [-0.05, 0) is 37.5 Å². The van der Waals surface area contributed by atoms with E-state index in [1.807, 2.05) is 13.0 Å². The molecule has 1 amide bonds. The number of nitriles is 1. The predicted molar refractivity (Wildman–Crippen MR) is 76.9 cm³/mol. The summed E-state index contributed by atoms with van der Waals surface area (Å²) in [5.41, 5.74) is 2.45. The number of benzene rings is 1. The minimum absolute atomic E-state index is 0.0181. The van der Waals surface area contributed by atoms with Crippen molar-refractivity contribution < 1.29 is 4.79 Å². The van der Waals surface area contributed by atoms with Gasteiger partial charge in [-0.25, -0.2) is 0 Å². The average molecular weight is 259 g/mol. The van der Waals surface area contributed by atoms with Gasteiger partial charge >= 0.3 is 0 Å². The van der Waals surface area contributed by atoms with Crippen LogP contribution >= 0.6 is 0 Å². The van der Waals surface area contributed by atoms with E-state index in [9.17, 15) is 4.79 Å². The van der Waals surface area contributed by atoms with Gasteiger partial charge in [-0.15, -0.1) is 0 Å². The van der Waals surface area contributed by atoms with Crippen LogP contribution in [0.3, 0.4) is 0 Å². The highest BCUT2D eigenvalue weighted by Gasteiger charge is 2.08. The fourth-order valence-electron chi connectivity index (χ4n) is 1.83. The molecule has 0 heterocycles. The normalized spacial score (nSPS) is 10.1. The lowest BCUT2D eigenvalue weighted by Gasteiger charge is -2.16. The molecule has 1 aromatic rings. The summed E-state index contributed by atoms with van der Waals surface area (Å²) >= 11 is 0. The Morgan fingerprint density at radius 2 is 2.05 bits per heavy atom. The van der Waals surface area contributed by atoms with E-state index in [4.69, 9.17) is 5.26 Å². The molecule has 0 bridgehead atoms. The fourth-order valence-corrected chi connectivity index (χ4v) is 1.83. The first-order valence-corrected chi connectivity index (χ1v) is 6.64. The van der Waals surface area contributed by atoms with Crippen LogP contribution in [0, 0.1) is 18.3 Å². The van der Waals surface area contributed by atoms with Crippen molar-refractivity contribution in [1.82, 2.24) is 5.32 Å². The van der Waals surface area contributed by atoms with Crippen LogP contribution in [0.5, 0.6) is 0 Å². The maximum Gasteiger partial charge on any atom is 0.239 e. The average Bonchev–Trinajstić information content (AvgIpc) is 2.43. The van der Waals surface area contributed by atoms with Crippen LogP contribution in [-0.2, 0) is 4.79 Å². The first kappa shape index (κ1) is 15.0. The second-order valence-electron chi connectivity index (χ2n) is 4.58. The molecule has 0 atom stereocenters. The molecule has 0 saturated heterocycles. The molecule has 4 heteroatoms. The van der Waals surface area contributed by atoms with Gasteiger partial charge < -0.3 is 10.6 Å². The lowest BCUT2D eigenvalue weighted by atomic mass is 10.1. The number of amides is 1. The monoisotopic (exact) mass is 259 g/mol. The van der Waals surface area contributed by atoms with Gasteiger partial charge in [-0.3, -0.25) is 4.79 Å². The number of anilines is 1. The molecule has 0 aliphatic carbocycles. The Bertz CT molecular complexity index is 473. The molecule has 19 heavy (non-hydrogen) atoms. The third-order valence-electron chi connectivity index (χ3n) is 3.16. The minimum Gasteiger partial charge on any atom is -0.376 e. The van der Waals surface area contributed by atoms with Crippen molar-refractivity contribution in [2.45, 2.75) is 39.7 Å². The second kappa shape index (κ2) is 7.42. The van der Waals surface area contributed by atoms with Crippen molar-refractivity contribution in [3.05, 3.63) is 29.3 Å². The van der Waals surface area contributed by atoms with Crippen molar-refractivity contribution in [1.29, 1.82) is 5.26 Å². The number of nitrogens with zero attached hydrogens (tertiary/aromatic N) is 1. The molecule has 0 aromatic heterocycles. The topological polar surface area (TPSA) is 64.9 Å². The van der Waals surface area contributed by atoms with Crippen LogP contribution in [0.15, 0.2) is 18.2 Å². The lowest BCUT2D eigenvalue weighted by Crippen LogP contribution is -2.37. The Hall–Kier alpha value is -2.02. The second-order valence-corrected chi connectivity index (χ2v) is 4.58. The molecule has 0 radical (unpaired) electrons. The summed E-state index contributed by atoms with van der Waals surface area (Å²) in [6.07, 6.45) is 1.87. The van der Waals surface area contributed by atoms with Gasteiger partial charge in [0.1, 0.15) is 0 Å². The molecule has 4 nitrogen and oxygen atoms in total. The van der Waals surface area contributed by atoms with E-state index < -0.39 is 0 Å². The summed E-state index contributed by atoms with van der Waals surface area (Å²) < 4.78 is 0. The Morgan fingerprint density at radius 3 is 2.63 bits per heavy atom. The van der Waals surface area contributed by atoms with E-state index in [-0.39, 0.29) is 18.5 Å². The van der Waals surface area contributed by atoms with Crippen LogP contribution < -0.4 is 10.6 Å². The summed E-state index contributed by atoms with van der Waals surface area (Å²) in [5, 5.41) is 14.9. The molecule has 0 spiro atoms. The quantitative estimate of drug-likeness (QED) is 0.825. The summed E-state index contributed by atoms with van der Waals surface area (Å²) in [6, 6.07) is 7.74. The molecule has 0 fully saturated rings. The number of carbonyl (C=O) groups excluding carboxylic acids is 1. The maximum atomic E-state index is 11.8. The van der Waals surface area contributed by atoms with Gasteiger partial charge in [-0.1, -0.05) is 19.9 Å². The van der Waals surface area contributed by atoms with E-state index in [2.05, 4.69) is 30.6 Å². The fraction of sp³-hybridized carbons (Fsp3) is 0.467. The summed E-state index contributed by atoms with van der Waals surface area (Å²) in [4.78, 5) is 11.8. The molecule has 0 saturated carbocycles. The van der Waals surface area contributed by atoms with Gasteiger partial charge in [0, 0.05) is 11.7 Å². The van der Waals surface area contributed by atoms with Crippen LogP contribution in [-0.4, -0.2) is 18.5 Å². The van der Waals surface area contributed by atoms with Crippen molar-refractivity contribution in [3.8, 4) is 6.07 Å². The van der Waals surface area contributed by atoms with Gasteiger partial charge in [0.15, 0.2) is 0 Å². The Kier molecular flexibility index (Phi) is 5.87. The standard InChI is InChI=1S/C15H21N3O/c1-4-13(5-2)18-15(19)10-17-14-8-12(9-16)7-6-11(14)3/h6-8,13,17H,4-5,10H2,1-3H3,(H,18,19). The van der Waals surface area contributed by atoms with Gasteiger partial charge in [0.25, 0.3) is 0 Å². The van der Waals surface area contributed by atoms with Crippen molar-refractivity contribution in [3.63, 3.8) is 0 Å². The maximum absolute atomic E-state index is 11.8. The van der Waals surface area contributed by atoms with Crippen molar-refractivity contribution in [2.24, 2.45) is 0 Å². The third kappa shape index (κ3) is 4.63. The molecule has 0 unspecified atom stereocenters. The van der Waals surface area contributed by atoms with Gasteiger partial charge in [0.05, 0.1) is 18.2 Å². The highest BCUT2D eigenvalue weighted by molar-refractivity contribution is 5.81. The number of hydrogen-bond acceptors (Lipinski definition) is 3. The molecule has 2 N–H and O–H groups in total. The van der Waals surface area contributed by atoms with E-state index in [0.717, 1.165) is 24.1 Å². The SMILES string of the molecule is CCC(CC)NC(=O)CNc1cc(C#N)ccc1C. The highest BCUT2D eigenvalue weighted by atomic mass is 16.1. The Labute approximate surface area is 114 Å². The zero-order valence-corrected chi connectivity index (χ0v) is 11.8. The van der Waals surface area contributed by atoms with E-state index >= 15 is 0 Å². The first-order chi connectivity index (χ1) is 9.10. The molecular weight excluding hydrogens is 238 g/mol. The first-order valence-electron chi connectivity index (χ1n) is 6.64. The molecule has 0 aliphatic rings. The lowest BCUT2D eigenvalue weighted by molar-refractivity contribution is -0.120. The Balaban J connectivity index is 2.57. The molecular formula is C15H21N3O. The number of hydrogen-bond donors (Lipinski definition) is 2. The third-order valence-corrected chi connectivity index (χ3v) is 3.16. The predicted octanol–water partition coefficient (Wildman–Crippen LogP) is 2.58. The number of carbonyl (C=O) groups is 1. The smallest absolute Gasteiger partial charge is 0.239 e. The zero-order chi connectivity index (χ0) is 14.3. The molecule has 102 valence electrons. The summed E-state index contributed by atoms with van der Waals surface area (Å²) in [5.74, 6) is -0.0181. The minimum atomic E-state index is -0.0181.